The van der Waals surface area contributed by atoms with Crippen LogP contribution in [0.15, 0.2) is 6.20 Å². The molecule has 1 aliphatic heterocycles. The number of aromatic nitrogens is 1. The van der Waals surface area contributed by atoms with Gasteiger partial charge in [-0.15, -0.1) is 11.3 Å². The fraction of sp³-hybridized carbons (Fsp3) is 0.667. The molecular formula is C9H12ClNOS2. The van der Waals surface area contributed by atoms with Crippen LogP contribution in [0.2, 0.25) is 4.47 Å². The number of hydrogen-bond acceptors (Lipinski definition) is 4. The van der Waals surface area contributed by atoms with Gasteiger partial charge in [0.2, 0.25) is 0 Å². The van der Waals surface area contributed by atoms with Gasteiger partial charge in [0.25, 0.3) is 0 Å². The van der Waals surface area contributed by atoms with E-state index >= 15 is 0 Å². The molecule has 0 aliphatic carbocycles. The van der Waals surface area contributed by atoms with Gasteiger partial charge in [0.15, 0.2) is 4.47 Å². The van der Waals surface area contributed by atoms with Gasteiger partial charge < -0.3 is 4.74 Å². The minimum absolute atomic E-state index is 0.392. The molecule has 1 aromatic rings. The van der Waals surface area contributed by atoms with Crippen LogP contribution < -0.4 is 0 Å². The Morgan fingerprint density at radius 2 is 2.64 bits per heavy atom. The fourth-order valence-corrected chi connectivity index (χ4v) is 3.75. The number of halogens is 1. The molecule has 0 N–H and O–H groups in total. The van der Waals surface area contributed by atoms with Crippen LogP contribution in [0.25, 0.3) is 0 Å². The van der Waals surface area contributed by atoms with Crippen LogP contribution in [-0.2, 0) is 10.5 Å². The average molecular weight is 250 g/mol. The van der Waals surface area contributed by atoms with Gasteiger partial charge in [-0.05, 0) is 13.3 Å². The van der Waals surface area contributed by atoms with Gasteiger partial charge in [-0.25, -0.2) is 4.98 Å². The first-order valence-electron chi connectivity index (χ1n) is 4.59. The molecule has 5 heteroatoms. The molecule has 2 rings (SSSR count). The fourth-order valence-electron chi connectivity index (χ4n) is 1.47. The smallest absolute Gasteiger partial charge is 0.183 e. The van der Waals surface area contributed by atoms with Gasteiger partial charge in [0, 0.05) is 28.7 Å². The molecule has 2 unspecified atom stereocenters. The van der Waals surface area contributed by atoms with Crippen molar-refractivity contribution in [2.24, 2.45) is 0 Å². The van der Waals surface area contributed by atoms with Gasteiger partial charge in [-0.3, -0.25) is 0 Å². The number of hydrogen-bond donors (Lipinski definition) is 0. The molecule has 2 heterocycles. The van der Waals surface area contributed by atoms with Crippen LogP contribution >= 0.6 is 34.7 Å². The molecule has 0 saturated carbocycles. The Morgan fingerprint density at radius 3 is 3.21 bits per heavy atom. The quantitative estimate of drug-likeness (QED) is 0.821. The van der Waals surface area contributed by atoms with Crippen molar-refractivity contribution in [3.05, 3.63) is 15.5 Å². The highest BCUT2D eigenvalue weighted by Crippen LogP contribution is 2.31. The van der Waals surface area contributed by atoms with Gasteiger partial charge in [0.05, 0.1) is 6.10 Å². The third kappa shape index (κ3) is 2.63. The van der Waals surface area contributed by atoms with E-state index in [4.69, 9.17) is 16.3 Å². The average Bonchev–Trinajstić information content (AvgIpc) is 2.72. The molecule has 78 valence electrons. The highest BCUT2D eigenvalue weighted by molar-refractivity contribution is 7.99. The first-order valence-corrected chi connectivity index (χ1v) is 6.83. The first kappa shape index (κ1) is 10.7. The summed E-state index contributed by atoms with van der Waals surface area (Å²) in [7, 11) is 0. The van der Waals surface area contributed by atoms with Crippen molar-refractivity contribution in [3.8, 4) is 0 Å². The largest absolute Gasteiger partial charge is 0.377 e. The molecule has 1 fully saturated rings. The Labute approximate surface area is 97.0 Å². The summed E-state index contributed by atoms with van der Waals surface area (Å²) in [5.41, 5.74) is 0. The highest BCUT2D eigenvalue weighted by atomic mass is 35.5. The van der Waals surface area contributed by atoms with Gasteiger partial charge in [-0.2, -0.15) is 11.8 Å². The normalized spacial score (nSPS) is 27.0. The van der Waals surface area contributed by atoms with Crippen molar-refractivity contribution >= 4 is 34.7 Å². The second-order valence-electron chi connectivity index (χ2n) is 3.29. The van der Waals surface area contributed by atoms with Crippen molar-refractivity contribution in [3.63, 3.8) is 0 Å². The zero-order chi connectivity index (χ0) is 9.97. The Bertz CT molecular complexity index is 305. The zero-order valence-electron chi connectivity index (χ0n) is 7.90. The SMILES string of the molecule is CC1OCCC1SCc1cnc(Cl)s1. The zero-order valence-corrected chi connectivity index (χ0v) is 10.3. The number of rotatable bonds is 3. The Balaban J connectivity index is 1.82. The van der Waals surface area contributed by atoms with Crippen LogP contribution in [0.5, 0.6) is 0 Å². The summed E-state index contributed by atoms with van der Waals surface area (Å²) in [6, 6.07) is 0. The van der Waals surface area contributed by atoms with Crippen LogP contribution in [0.3, 0.4) is 0 Å². The predicted molar refractivity (Wildman–Crippen MR) is 62.2 cm³/mol. The standard InChI is InChI=1S/C9H12ClNOS2/c1-6-8(2-3-12-6)13-5-7-4-11-9(10)14-7/h4,6,8H,2-3,5H2,1H3. The lowest BCUT2D eigenvalue weighted by molar-refractivity contribution is 0.127. The lowest BCUT2D eigenvalue weighted by Gasteiger charge is -2.12. The summed E-state index contributed by atoms with van der Waals surface area (Å²) >= 11 is 9.27. The third-order valence-electron chi connectivity index (χ3n) is 2.27. The molecule has 1 aliphatic rings. The highest BCUT2D eigenvalue weighted by Gasteiger charge is 2.24. The molecule has 1 saturated heterocycles. The monoisotopic (exact) mass is 249 g/mol. The number of nitrogens with zero attached hydrogens (tertiary/aromatic N) is 1. The second kappa shape index (κ2) is 4.84. The maximum absolute atomic E-state index is 5.76. The first-order chi connectivity index (χ1) is 6.75. The molecule has 0 bridgehead atoms. The molecule has 0 radical (unpaired) electrons. The van der Waals surface area contributed by atoms with E-state index in [-0.39, 0.29) is 0 Å². The molecule has 0 aromatic carbocycles. The van der Waals surface area contributed by atoms with Crippen LogP contribution in [0.1, 0.15) is 18.2 Å². The van der Waals surface area contributed by atoms with Crippen LogP contribution in [0.4, 0.5) is 0 Å². The molecule has 2 atom stereocenters. The molecule has 14 heavy (non-hydrogen) atoms. The van der Waals surface area contributed by atoms with Gasteiger partial charge >= 0.3 is 0 Å². The summed E-state index contributed by atoms with van der Waals surface area (Å²) in [6.07, 6.45) is 3.42. The minimum Gasteiger partial charge on any atom is -0.377 e. The molecule has 0 amide bonds. The molecular weight excluding hydrogens is 238 g/mol. The number of ether oxygens (including phenoxy) is 1. The van der Waals surface area contributed by atoms with E-state index in [2.05, 4.69) is 11.9 Å². The van der Waals surface area contributed by atoms with Crippen molar-refractivity contribution in [1.29, 1.82) is 0 Å². The van der Waals surface area contributed by atoms with E-state index < -0.39 is 0 Å². The Kier molecular flexibility index (Phi) is 3.71. The minimum atomic E-state index is 0.392. The Morgan fingerprint density at radius 1 is 1.79 bits per heavy atom. The number of thioether (sulfide) groups is 1. The van der Waals surface area contributed by atoms with Crippen LogP contribution in [-0.4, -0.2) is 22.9 Å². The van der Waals surface area contributed by atoms with Gasteiger partial charge in [-0.1, -0.05) is 11.6 Å². The van der Waals surface area contributed by atoms with E-state index in [1.807, 2.05) is 18.0 Å². The van der Waals surface area contributed by atoms with Crippen molar-refractivity contribution in [2.45, 2.75) is 30.5 Å². The topological polar surface area (TPSA) is 22.1 Å². The van der Waals surface area contributed by atoms with Crippen molar-refractivity contribution in [1.82, 2.24) is 4.98 Å². The molecule has 1 aromatic heterocycles. The summed E-state index contributed by atoms with van der Waals surface area (Å²) in [5, 5.41) is 0.635. The Hall–Kier alpha value is 0.230. The van der Waals surface area contributed by atoms with Crippen LogP contribution in [0, 0.1) is 0 Å². The lowest BCUT2D eigenvalue weighted by atomic mass is 10.3. The van der Waals surface area contributed by atoms with E-state index in [1.165, 1.54) is 11.3 Å². The summed E-state index contributed by atoms with van der Waals surface area (Å²) in [5.74, 6) is 1.00. The maximum Gasteiger partial charge on any atom is 0.183 e. The predicted octanol–water partition coefficient (Wildman–Crippen LogP) is 3.21. The number of thiazole rings is 1. The lowest BCUT2D eigenvalue weighted by Crippen LogP contribution is -2.13. The van der Waals surface area contributed by atoms with Crippen molar-refractivity contribution in [2.75, 3.05) is 6.61 Å². The van der Waals surface area contributed by atoms with Gasteiger partial charge in [0.1, 0.15) is 0 Å². The van der Waals surface area contributed by atoms with E-state index in [0.717, 1.165) is 12.4 Å². The summed E-state index contributed by atoms with van der Waals surface area (Å²) in [6.45, 7) is 3.05. The van der Waals surface area contributed by atoms with E-state index in [1.54, 1.807) is 11.3 Å². The molecule has 0 spiro atoms. The molecule has 2 nitrogen and oxygen atoms in total. The maximum atomic E-state index is 5.76. The summed E-state index contributed by atoms with van der Waals surface area (Å²) in [4.78, 5) is 5.27. The van der Waals surface area contributed by atoms with E-state index in [0.29, 0.717) is 15.8 Å². The third-order valence-corrected chi connectivity index (χ3v) is 5.09. The van der Waals surface area contributed by atoms with Crippen molar-refractivity contribution < 1.29 is 4.74 Å². The second-order valence-corrected chi connectivity index (χ2v) is 6.22. The summed E-state index contributed by atoms with van der Waals surface area (Å²) < 4.78 is 6.14. The van der Waals surface area contributed by atoms with E-state index in [9.17, 15) is 0 Å².